The number of nitrogens with zero attached hydrogens (tertiary/aromatic N) is 2. The minimum Gasteiger partial charge on any atom is -0.455 e. The van der Waals surface area contributed by atoms with Crippen molar-refractivity contribution in [2.45, 2.75) is 34.1 Å². The number of benzene rings is 1. The number of nitrogens with one attached hydrogen (secondary N) is 1. The molecule has 6 nitrogen and oxygen atoms in total. The second-order valence-corrected chi connectivity index (χ2v) is 6.43. The summed E-state index contributed by atoms with van der Waals surface area (Å²) in [6, 6.07) is 9.74. The Bertz CT molecular complexity index is 736. The van der Waals surface area contributed by atoms with E-state index in [1.807, 2.05) is 62.7 Å². The minimum atomic E-state index is -0.432. The number of ether oxygens (including phenoxy) is 1. The quantitative estimate of drug-likeness (QED) is 0.783. The SMILES string of the molecule is Cc1nn(-c2ccccc2)c(C)c1CC(=O)OCC(=O)NCC(C)C. The Hall–Kier alpha value is -2.63. The fourth-order valence-corrected chi connectivity index (χ4v) is 2.46. The van der Waals surface area contributed by atoms with Crippen LogP contribution in [0.3, 0.4) is 0 Å². The number of carbonyl (C=O) groups is 2. The van der Waals surface area contributed by atoms with Gasteiger partial charge in [-0.05, 0) is 31.9 Å². The summed E-state index contributed by atoms with van der Waals surface area (Å²) < 4.78 is 6.89. The van der Waals surface area contributed by atoms with E-state index in [4.69, 9.17) is 4.74 Å². The van der Waals surface area contributed by atoms with Crippen molar-refractivity contribution in [3.05, 3.63) is 47.3 Å². The van der Waals surface area contributed by atoms with Crippen LogP contribution >= 0.6 is 0 Å². The third kappa shape index (κ3) is 5.17. The highest BCUT2D eigenvalue weighted by molar-refractivity contribution is 5.81. The van der Waals surface area contributed by atoms with Crippen LogP contribution in [0.1, 0.15) is 30.8 Å². The molecule has 0 aliphatic carbocycles. The Kier molecular flexibility index (Phi) is 6.33. The van der Waals surface area contributed by atoms with Crippen LogP contribution in [0.5, 0.6) is 0 Å². The van der Waals surface area contributed by atoms with E-state index >= 15 is 0 Å². The molecule has 134 valence electrons. The van der Waals surface area contributed by atoms with E-state index in [0.717, 1.165) is 22.6 Å². The van der Waals surface area contributed by atoms with Gasteiger partial charge in [0.2, 0.25) is 0 Å². The molecule has 0 radical (unpaired) electrons. The van der Waals surface area contributed by atoms with Crippen LogP contribution in [0.2, 0.25) is 0 Å². The molecule has 0 aliphatic heterocycles. The maximum atomic E-state index is 12.1. The summed E-state index contributed by atoms with van der Waals surface area (Å²) in [4.78, 5) is 23.7. The molecule has 0 bridgehead atoms. The van der Waals surface area contributed by atoms with Crippen molar-refractivity contribution < 1.29 is 14.3 Å². The first-order valence-electron chi connectivity index (χ1n) is 8.41. The Morgan fingerprint density at radius 3 is 2.52 bits per heavy atom. The molecule has 0 atom stereocenters. The first-order valence-corrected chi connectivity index (χ1v) is 8.41. The molecule has 0 saturated carbocycles. The van der Waals surface area contributed by atoms with E-state index < -0.39 is 5.97 Å². The number of para-hydroxylation sites is 1. The summed E-state index contributed by atoms with van der Waals surface area (Å²) in [6.07, 6.45) is 0.0992. The maximum absolute atomic E-state index is 12.1. The molecule has 0 saturated heterocycles. The normalized spacial score (nSPS) is 10.8. The molecule has 1 N–H and O–H groups in total. The smallest absolute Gasteiger partial charge is 0.310 e. The number of aromatic nitrogens is 2. The monoisotopic (exact) mass is 343 g/mol. The van der Waals surface area contributed by atoms with Gasteiger partial charge in [-0.25, -0.2) is 4.68 Å². The van der Waals surface area contributed by atoms with Gasteiger partial charge in [0.25, 0.3) is 5.91 Å². The first-order chi connectivity index (χ1) is 11.9. The molecule has 6 heteroatoms. The van der Waals surface area contributed by atoms with Gasteiger partial charge < -0.3 is 10.1 Å². The summed E-state index contributed by atoms with van der Waals surface area (Å²) in [5.41, 5.74) is 3.44. The van der Waals surface area contributed by atoms with Gasteiger partial charge in [-0.1, -0.05) is 32.0 Å². The number of esters is 1. The van der Waals surface area contributed by atoms with Gasteiger partial charge >= 0.3 is 5.97 Å². The Morgan fingerprint density at radius 1 is 1.20 bits per heavy atom. The lowest BCUT2D eigenvalue weighted by Gasteiger charge is -2.08. The summed E-state index contributed by atoms with van der Waals surface area (Å²) in [7, 11) is 0. The van der Waals surface area contributed by atoms with Crippen LogP contribution in [0.4, 0.5) is 0 Å². The maximum Gasteiger partial charge on any atom is 0.310 e. The predicted molar refractivity (Wildman–Crippen MR) is 95.5 cm³/mol. The van der Waals surface area contributed by atoms with E-state index in [1.54, 1.807) is 0 Å². The van der Waals surface area contributed by atoms with Crippen molar-refractivity contribution in [1.29, 1.82) is 0 Å². The molecule has 25 heavy (non-hydrogen) atoms. The lowest BCUT2D eigenvalue weighted by Crippen LogP contribution is -2.31. The van der Waals surface area contributed by atoms with E-state index in [-0.39, 0.29) is 18.9 Å². The van der Waals surface area contributed by atoms with Gasteiger partial charge in [0.1, 0.15) is 0 Å². The highest BCUT2D eigenvalue weighted by Gasteiger charge is 2.17. The zero-order valence-corrected chi connectivity index (χ0v) is 15.2. The Labute approximate surface area is 148 Å². The van der Waals surface area contributed by atoms with Crippen molar-refractivity contribution in [2.75, 3.05) is 13.2 Å². The van der Waals surface area contributed by atoms with E-state index in [9.17, 15) is 9.59 Å². The number of hydrogen-bond acceptors (Lipinski definition) is 4. The fraction of sp³-hybridized carbons (Fsp3) is 0.421. The van der Waals surface area contributed by atoms with Crippen molar-refractivity contribution in [1.82, 2.24) is 15.1 Å². The number of aryl methyl sites for hydroxylation is 1. The topological polar surface area (TPSA) is 73.2 Å². The van der Waals surface area contributed by atoms with Crippen LogP contribution in [0, 0.1) is 19.8 Å². The average molecular weight is 343 g/mol. The second kappa shape index (κ2) is 8.46. The molecule has 0 unspecified atom stereocenters. The van der Waals surface area contributed by atoms with Crippen LogP contribution in [-0.2, 0) is 20.7 Å². The molecular formula is C19H25N3O3. The highest BCUT2D eigenvalue weighted by Crippen LogP contribution is 2.18. The molecule has 0 aliphatic rings. The zero-order valence-electron chi connectivity index (χ0n) is 15.2. The Morgan fingerprint density at radius 2 is 1.88 bits per heavy atom. The summed E-state index contributed by atoms with van der Waals surface area (Å²) in [5.74, 6) is -0.359. The first kappa shape index (κ1) is 18.7. The Balaban J connectivity index is 1.97. The van der Waals surface area contributed by atoms with Gasteiger partial charge in [0.05, 0.1) is 17.8 Å². The number of rotatable bonds is 7. The van der Waals surface area contributed by atoms with Crippen molar-refractivity contribution in [3.8, 4) is 5.69 Å². The van der Waals surface area contributed by atoms with Gasteiger partial charge in [-0.3, -0.25) is 9.59 Å². The zero-order chi connectivity index (χ0) is 18.4. The molecule has 1 aromatic carbocycles. The largest absolute Gasteiger partial charge is 0.455 e. The highest BCUT2D eigenvalue weighted by atomic mass is 16.5. The summed E-state index contributed by atoms with van der Waals surface area (Å²) >= 11 is 0. The molecule has 0 fully saturated rings. The van der Waals surface area contributed by atoms with E-state index in [2.05, 4.69) is 10.4 Å². The lowest BCUT2D eigenvalue weighted by molar-refractivity contribution is -0.147. The van der Waals surface area contributed by atoms with Crippen LogP contribution in [0.15, 0.2) is 30.3 Å². The van der Waals surface area contributed by atoms with E-state index in [1.165, 1.54) is 0 Å². The lowest BCUT2D eigenvalue weighted by atomic mass is 10.1. The fourth-order valence-electron chi connectivity index (χ4n) is 2.46. The van der Waals surface area contributed by atoms with Gasteiger partial charge in [-0.2, -0.15) is 5.10 Å². The molecule has 2 rings (SSSR count). The second-order valence-electron chi connectivity index (χ2n) is 6.43. The number of amides is 1. The standard InChI is InChI=1S/C19H25N3O3/c1-13(2)11-20-18(23)12-25-19(24)10-17-14(3)21-22(15(17)4)16-8-6-5-7-9-16/h5-9,13H,10-12H2,1-4H3,(H,20,23). The minimum absolute atomic E-state index is 0.0992. The van der Waals surface area contributed by atoms with Crippen LogP contribution in [0.25, 0.3) is 5.69 Å². The molecular weight excluding hydrogens is 318 g/mol. The summed E-state index contributed by atoms with van der Waals surface area (Å²) in [6.45, 7) is 8.11. The molecule has 2 aromatic rings. The van der Waals surface area contributed by atoms with Gasteiger partial charge in [-0.15, -0.1) is 0 Å². The molecule has 0 spiro atoms. The molecule has 1 amide bonds. The van der Waals surface area contributed by atoms with Crippen molar-refractivity contribution >= 4 is 11.9 Å². The molecule has 1 aromatic heterocycles. The van der Waals surface area contributed by atoms with Crippen molar-refractivity contribution in [2.24, 2.45) is 5.92 Å². The number of hydrogen-bond donors (Lipinski definition) is 1. The third-order valence-corrected chi connectivity index (χ3v) is 3.83. The van der Waals surface area contributed by atoms with E-state index in [0.29, 0.717) is 12.5 Å². The predicted octanol–water partition coefficient (Wildman–Crippen LogP) is 2.35. The van der Waals surface area contributed by atoms with Gasteiger partial charge in [0, 0.05) is 17.8 Å². The molecule has 1 heterocycles. The van der Waals surface area contributed by atoms with Crippen molar-refractivity contribution in [3.63, 3.8) is 0 Å². The third-order valence-electron chi connectivity index (χ3n) is 3.83. The van der Waals surface area contributed by atoms with Crippen LogP contribution < -0.4 is 5.32 Å². The number of carbonyl (C=O) groups excluding carboxylic acids is 2. The summed E-state index contributed by atoms with van der Waals surface area (Å²) in [5, 5.41) is 7.22. The van der Waals surface area contributed by atoms with Gasteiger partial charge in [0.15, 0.2) is 6.61 Å². The van der Waals surface area contributed by atoms with Crippen LogP contribution in [-0.4, -0.2) is 34.8 Å². The average Bonchev–Trinajstić information content (AvgIpc) is 2.87.